The minimum Gasteiger partial charge on any atom is -0.365 e. The maximum Gasteiger partial charge on any atom is 0.0927 e. The molecule has 1 saturated carbocycles. The van der Waals surface area contributed by atoms with E-state index in [0.717, 1.165) is 11.8 Å². The first-order valence-electron chi connectivity index (χ1n) is 3.39. The lowest BCUT2D eigenvalue weighted by atomic mass is 10.1. The minimum atomic E-state index is 0.458. The Balaban J connectivity index is 2.08. The zero-order valence-electron chi connectivity index (χ0n) is 4.88. The van der Waals surface area contributed by atoms with E-state index in [2.05, 4.69) is 22.0 Å². The first kappa shape index (κ1) is 4.91. The molecule has 2 bridgehead atoms. The second-order valence-corrected chi connectivity index (χ2v) is 4.05. The molecule has 2 fully saturated rings. The molecule has 2 heterocycles. The van der Waals surface area contributed by atoms with Crippen LogP contribution in [0, 0.1) is 11.8 Å². The highest BCUT2D eigenvalue weighted by Crippen LogP contribution is 2.59. The molecule has 1 nitrogen and oxygen atoms in total. The van der Waals surface area contributed by atoms with E-state index in [0.29, 0.717) is 12.2 Å². The predicted octanol–water partition coefficient (Wildman–Crippen LogP) is 1.68. The molecule has 0 spiro atoms. The lowest BCUT2D eigenvalue weighted by Crippen LogP contribution is -2.06. The monoisotopic (exact) mass is 186 g/mol. The predicted molar refractivity (Wildman–Crippen MR) is 37.3 cm³/mol. The van der Waals surface area contributed by atoms with E-state index in [9.17, 15) is 0 Å². The van der Waals surface area contributed by atoms with Gasteiger partial charge in [0, 0.05) is 4.48 Å². The summed E-state index contributed by atoms with van der Waals surface area (Å²) in [5.41, 5.74) is 0. The van der Waals surface area contributed by atoms with Crippen LogP contribution in [0.5, 0.6) is 0 Å². The van der Waals surface area contributed by atoms with Gasteiger partial charge in [-0.15, -0.1) is 0 Å². The van der Waals surface area contributed by atoms with Gasteiger partial charge in [0.25, 0.3) is 0 Å². The highest BCUT2D eigenvalue weighted by Gasteiger charge is 2.58. The average molecular weight is 187 g/mol. The SMILES string of the molecule is BrC1=C[C@@H]2O[C@H]1[C@H]1C[C@H]12. The molecule has 0 radical (unpaired) electrons. The summed E-state index contributed by atoms with van der Waals surface area (Å²) in [6, 6.07) is 0. The standard InChI is InChI=1S/C7H7BrO/c8-5-2-6-3-1-4(3)7(5)9-6/h2-4,6-7H,1H2/t3-,4+,6+,7+/m1/s1. The number of hydrogen-bond donors (Lipinski definition) is 0. The van der Waals surface area contributed by atoms with Crippen molar-refractivity contribution in [3.05, 3.63) is 10.6 Å². The summed E-state index contributed by atoms with van der Waals surface area (Å²) in [5, 5.41) is 0. The molecule has 3 rings (SSSR count). The van der Waals surface area contributed by atoms with Gasteiger partial charge >= 0.3 is 0 Å². The van der Waals surface area contributed by atoms with Gasteiger partial charge in [-0.2, -0.15) is 0 Å². The van der Waals surface area contributed by atoms with E-state index in [1.165, 1.54) is 10.9 Å². The van der Waals surface area contributed by atoms with Crippen molar-refractivity contribution in [2.75, 3.05) is 0 Å². The van der Waals surface area contributed by atoms with Crippen molar-refractivity contribution in [3.8, 4) is 0 Å². The van der Waals surface area contributed by atoms with Gasteiger partial charge in [-0.05, 0) is 24.3 Å². The fourth-order valence-corrected chi connectivity index (χ4v) is 2.72. The van der Waals surface area contributed by atoms with Crippen molar-refractivity contribution >= 4 is 15.9 Å². The van der Waals surface area contributed by atoms with Crippen molar-refractivity contribution in [2.24, 2.45) is 11.8 Å². The van der Waals surface area contributed by atoms with Gasteiger partial charge in [-0.1, -0.05) is 15.9 Å². The van der Waals surface area contributed by atoms with Crippen LogP contribution >= 0.6 is 15.9 Å². The molecule has 0 aromatic heterocycles. The summed E-state index contributed by atoms with van der Waals surface area (Å²) in [7, 11) is 0. The fraction of sp³-hybridized carbons (Fsp3) is 0.714. The van der Waals surface area contributed by atoms with Crippen LogP contribution in [0.2, 0.25) is 0 Å². The lowest BCUT2D eigenvalue weighted by molar-refractivity contribution is 0.0870. The number of hydrogen-bond acceptors (Lipinski definition) is 1. The normalized spacial score (nSPS) is 59.4. The molecule has 1 aliphatic carbocycles. The van der Waals surface area contributed by atoms with Crippen molar-refractivity contribution in [2.45, 2.75) is 18.6 Å². The Morgan fingerprint density at radius 3 is 3.00 bits per heavy atom. The van der Waals surface area contributed by atoms with E-state index in [-0.39, 0.29) is 0 Å². The molecule has 2 aliphatic heterocycles. The Hall–Kier alpha value is 0.180. The highest BCUT2D eigenvalue weighted by atomic mass is 79.9. The van der Waals surface area contributed by atoms with Crippen LogP contribution in [0.4, 0.5) is 0 Å². The average Bonchev–Trinajstić information content (AvgIpc) is 2.46. The second kappa shape index (κ2) is 1.28. The van der Waals surface area contributed by atoms with Crippen LogP contribution in [0.25, 0.3) is 0 Å². The molecule has 0 aromatic carbocycles. The maximum absolute atomic E-state index is 5.61. The van der Waals surface area contributed by atoms with Crippen molar-refractivity contribution in [1.29, 1.82) is 0 Å². The highest BCUT2D eigenvalue weighted by molar-refractivity contribution is 9.11. The van der Waals surface area contributed by atoms with E-state index in [4.69, 9.17) is 4.74 Å². The van der Waals surface area contributed by atoms with Crippen molar-refractivity contribution < 1.29 is 4.74 Å². The topological polar surface area (TPSA) is 9.23 Å². The molecule has 2 heteroatoms. The van der Waals surface area contributed by atoms with Gasteiger partial charge in [0.2, 0.25) is 0 Å². The van der Waals surface area contributed by atoms with Crippen LogP contribution in [0.15, 0.2) is 10.6 Å². The molecule has 0 unspecified atom stereocenters. The zero-order chi connectivity index (χ0) is 6.01. The first-order chi connectivity index (χ1) is 4.36. The number of halogens is 1. The summed E-state index contributed by atoms with van der Waals surface area (Å²) in [5.74, 6) is 1.78. The maximum atomic E-state index is 5.61. The van der Waals surface area contributed by atoms with Crippen LogP contribution in [0.1, 0.15) is 6.42 Å². The lowest BCUT2D eigenvalue weighted by Gasteiger charge is -2.04. The van der Waals surface area contributed by atoms with Crippen LogP contribution in [-0.2, 0) is 4.74 Å². The summed E-state index contributed by atoms with van der Waals surface area (Å²) < 4.78 is 6.90. The number of fused-ring (bicyclic) bond motifs is 5. The zero-order valence-corrected chi connectivity index (χ0v) is 6.47. The Morgan fingerprint density at radius 2 is 2.44 bits per heavy atom. The van der Waals surface area contributed by atoms with Gasteiger partial charge in [0.15, 0.2) is 0 Å². The summed E-state index contributed by atoms with van der Waals surface area (Å²) in [6.07, 6.45) is 4.56. The number of ether oxygens (including phenoxy) is 1. The molecule has 0 amide bonds. The summed E-state index contributed by atoms with van der Waals surface area (Å²) in [4.78, 5) is 0. The number of rotatable bonds is 0. The molecule has 48 valence electrons. The Kier molecular flexibility index (Phi) is 0.697. The molecular formula is C7H7BrO. The van der Waals surface area contributed by atoms with Crippen LogP contribution in [-0.4, -0.2) is 12.2 Å². The Bertz CT molecular complexity index is 199. The van der Waals surface area contributed by atoms with Gasteiger partial charge in [-0.25, -0.2) is 0 Å². The molecule has 9 heavy (non-hydrogen) atoms. The third-order valence-electron chi connectivity index (χ3n) is 2.60. The first-order valence-corrected chi connectivity index (χ1v) is 4.18. The Labute approximate surface area is 62.2 Å². The van der Waals surface area contributed by atoms with E-state index in [1.807, 2.05) is 0 Å². The Morgan fingerprint density at radius 1 is 1.56 bits per heavy atom. The molecule has 4 atom stereocenters. The third kappa shape index (κ3) is 0.456. The largest absolute Gasteiger partial charge is 0.365 e. The molecule has 0 aromatic rings. The van der Waals surface area contributed by atoms with Gasteiger partial charge in [0.05, 0.1) is 12.2 Å². The van der Waals surface area contributed by atoms with Gasteiger partial charge in [-0.3, -0.25) is 0 Å². The minimum absolute atomic E-state index is 0.458. The summed E-state index contributed by atoms with van der Waals surface area (Å²) >= 11 is 3.50. The molecule has 0 N–H and O–H groups in total. The summed E-state index contributed by atoms with van der Waals surface area (Å²) in [6.45, 7) is 0. The van der Waals surface area contributed by atoms with E-state index in [1.54, 1.807) is 0 Å². The van der Waals surface area contributed by atoms with Crippen LogP contribution < -0.4 is 0 Å². The van der Waals surface area contributed by atoms with E-state index >= 15 is 0 Å². The second-order valence-electron chi connectivity index (χ2n) is 3.14. The molecule has 3 aliphatic rings. The molecular weight excluding hydrogens is 180 g/mol. The van der Waals surface area contributed by atoms with Gasteiger partial charge < -0.3 is 4.74 Å². The quantitative estimate of drug-likeness (QED) is 0.560. The van der Waals surface area contributed by atoms with E-state index < -0.39 is 0 Å². The van der Waals surface area contributed by atoms with Crippen LogP contribution in [0.3, 0.4) is 0 Å². The fourth-order valence-electron chi connectivity index (χ4n) is 2.02. The smallest absolute Gasteiger partial charge is 0.0927 e. The molecule has 1 saturated heterocycles. The third-order valence-corrected chi connectivity index (χ3v) is 3.32. The van der Waals surface area contributed by atoms with Crippen molar-refractivity contribution in [1.82, 2.24) is 0 Å². The van der Waals surface area contributed by atoms with Gasteiger partial charge in [0.1, 0.15) is 0 Å². The van der Waals surface area contributed by atoms with Crippen molar-refractivity contribution in [3.63, 3.8) is 0 Å².